The summed E-state index contributed by atoms with van der Waals surface area (Å²) in [7, 11) is 0. The second-order valence-corrected chi connectivity index (χ2v) is 3.79. The molecular formula is C16H11F5. The number of hydrogen-bond donors (Lipinski definition) is 0. The highest BCUT2D eigenvalue weighted by Crippen LogP contribution is 2.25. The van der Waals surface area contributed by atoms with Crippen LogP contribution < -0.4 is 0 Å². The van der Waals surface area contributed by atoms with Crippen molar-refractivity contribution >= 4 is 11.9 Å². The summed E-state index contributed by atoms with van der Waals surface area (Å²) < 4.78 is 60.7. The fourth-order valence-corrected chi connectivity index (χ4v) is 1.36. The molecule has 0 bridgehead atoms. The highest BCUT2D eigenvalue weighted by atomic mass is 19.3. The summed E-state index contributed by atoms with van der Waals surface area (Å²) in [5.74, 6) is -5.03. The third-order valence-corrected chi connectivity index (χ3v) is 2.39. The molecule has 2 rings (SSSR count). The molecule has 0 atom stereocenters. The predicted molar refractivity (Wildman–Crippen MR) is 73.1 cm³/mol. The largest absolute Gasteiger partial charge is 0.306 e. The van der Waals surface area contributed by atoms with Crippen LogP contribution in [0.1, 0.15) is 11.1 Å². The van der Waals surface area contributed by atoms with Gasteiger partial charge in [-0.3, -0.25) is 0 Å². The van der Waals surface area contributed by atoms with E-state index < -0.39 is 29.1 Å². The zero-order valence-corrected chi connectivity index (χ0v) is 10.8. The van der Waals surface area contributed by atoms with E-state index in [1.807, 2.05) is 36.4 Å². The Morgan fingerprint density at radius 3 is 1.95 bits per heavy atom. The minimum atomic E-state index is -2.68. The van der Waals surface area contributed by atoms with E-state index in [2.05, 4.69) is 6.58 Å². The molecule has 0 aliphatic rings. The smallest absolute Gasteiger partial charge is 0.204 e. The molecule has 0 spiro atoms. The molecule has 0 saturated carbocycles. The highest BCUT2D eigenvalue weighted by Gasteiger charge is 2.15. The van der Waals surface area contributed by atoms with Gasteiger partial charge in [-0.25, -0.2) is 13.2 Å². The second-order valence-electron chi connectivity index (χ2n) is 3.79. The van der Waals surface area contributed by atoms with Gasteiger partial charge >= 0.3 is 6.08 Å². The topological polar surface area (TPSA) is 0 Å². The van der Waals surface area contributed by atoms with Crippen molar-refractivity contribution in [1.29, 1.82) is 0 Å². The van der Waals surface area contributed by atoms with Gasteiger partial charge in [-0.15, -0.1) is 0 Å². The van der Waals surface area contributed by atoms with Gasteiger partial charge in [0.2, 0.25) is 0 Å². The molecule has 0 aliphatic carbocycles. The van der Waals surface area contributed by atoms with Crippen molar-refractivity contribution in [3.8, 4) is 0 Å². The molecule has 0 nitrogen and oxygen atoms in total. The first kappa shape index (κ1) is 16.6. The van der Waals surface area contributed by atoms with Crippen LogP contribution in [-0.2, 0) is 0 Å². The molecule has 0 saturated heterocycles. The lowest BCUT2D eigenvalue weighted by Crippen LogP contribution is -1.90. The van der Waals surface area contributed by atoms with Crippen LogP contribution in [0.4, 0.5) is 22.0 Å². The molecule has 2 aromatic rings. The Morgan fingerprint density at radius 2 is 1.48 bits per heavy atom. The first-order chi connectivity index (χ1) is 9.97. The van der Waals surface area contributed by atoms with Crippen molar-refractivity contribution in [3.05, 3.63) is 84.0 Å². The molecule has 0 radical (unpaired) electrons. The Hall–Kier alpha value is -2.43. The quantitative estimate of drug-likeness (QED) is 0.612. The van der Waals surface area contributed by atoms with E-state index in [0.29, 0.717) is 6.07 Å². The molecule has 0 unspecified atom stereocenters. The third-order valence-electron chi connectivity index (χ3n) is 2.39. The number of hydrogen-bond acceptors (Lipinski definition) is 0. The zero-order valence-electron chi connectivity index (χ0n) is 10.8. The minimum Gasteiger partial charge on any atom is -0.204 e. The molecule has 110 valence electrons. The first-order valence-corrected chi connectivity index (χ1v) is 5.80. The van der Waals surface area contributed by atoms with E-state index in [4.69, 9.17) is 0 Å². The Morgan fingerprint density at radius 1 is 0.857 bits per heavy atom. The lowest BCUT2D eigenvalue weighted by Gasteiger charge is -1.99. The number of rotatable bonds is 2. The Bertz CT molecular complexity index is 628. The zero-order chi connectivity index (χ0) is 15.8. The fraction of sp³-hybridized carbons (Fsp3) is 0. The van der Waals surface area contributed by atoms with Gasteiger partial charge < -0.3 is 0 Å². The van der Waals surface area contributed by atoms with Gasteiger partial charge in [0.05, 0.1) is 5.56 Å². The van der Waals surface area contributed by atoms with Crippen LogP contribution in [0.2, 0.25) is 0 Å². The van der Waals surface area contributed by atoms with Crippen LogP contribution in [0.15, 0.2) is 61.2 Å². The Balaban J connectivity index is 0.000000235. The fourth-order valence-electron chi connectivity index (χ4n) is 1.36. The van der Waals surface area contributed by atoms with Crippen molar-refractivity contribution in [1.82, 2.24) is 0 Å². The Labute approximate surface area is 118 Å². The summed E-state index contributed by atoms with van der Waals surface area (Å²) in [5.41, 5.74) is 0.104. The standard InChI is InChI=1S/C8H3F5.C8H8/c9-5-3-1-2-4(6(5)10)7(11)8(12)13;1-2-8-6-4-3-5-7-8/h1-3H;2-7H,1H2. The number of halogens is 5. The van der Waals surface area contributed by atoms with Gasteiger partial charge in [0, 0.05) is 0 Å². The van der Waals surface area contributed by atoms with Crippen molar-refractivity contribution in [2.45, 2.75) is 0 Å². The highest BCUT2D eigenvalue weighted by molar-refractivity contribution is 5.60. The van der Waals surface area contributed by atoms with Crippen molar-refractivity contribution in [2.75, 3.05) is 0 Å². The van der Waals surface area contributed by atoms with E-state index >= 15 is 0 Å². The number of benzene rings is 2. The van der Waals surface area contributed by atoms with Gasteiger partial charge in [0.15, 0.2) is 17.5 Å². The molecule has 0 aliphatic heterocycles. The van der Waals surface area contributed by atoms with Crippen molar-refractivity contribution in [3.63, 3.8) is 0 Å². The summed E-state index contributed by atoms with van der Waals surface area (Å²) in [5, 5.41) is 0. The summed E-state index contributed by atoms with van der Waals surface area (Å²) >= 11 is 0. The van der Waals surface area contributed by atoms with E-state index in [1.54, 1.807) is 0 Å². The van der Waals surface area contributed by atoms with E-state index in [9.17, 15) is 22.0 Å². The molecule has 0 N–H and O–H groups in total. The average molecular weight is 298 g/mol. The normalized spacial score (nSPS) is 9.38. The van der Waals surface area contributed by atoms with Gasteiger partial charge in [0.1, 0.15) is 0 Å². The lowest BCUT2D eigenvalue weighted by molar-refractivity contribution is 0.408. The van der Waals surface area contributed by atoms with Gasteiger partial charge in [-0.1, -0.05) is 49.1 Å². The predicted octanol–water partition coefficient (Wildman–Crippen LogP) is 5.83. The summed E-state index contributed by atoms with van der Waals surface area (Å²) in [6.07, 6.45) is -0.843. The van der Waals surface area contributed by atoms with Gasteiger partial charge in [0.25, 0.3) is 0 Å². The maximum atomic E-state index is 12.6. The summed E-state index contributed by atoms with van der Waals surface area (Å²) in [6, 6.07) is 12.4. The lowest BCUT2D eigenvalue weighted by atomic mass is 10.2. The Kier molecular flexibility index (Phi) is 6.33. The van der Waals surface area contributed by atoms with Gasteiger partial charge in [-0.05, 0) is 17.7 Å². The molecule has 2 aromatic carbocycles. The van der Waals surface area contributed by atoms with E-state index in [1.165, 1.54) is 5.56 Å². The molecular weight excluding hydrogens is 287 g/mol. The van der Waals surface area contributed by atoms with Crippen molar-refractivity contribution < 1.29 is 22.0 Å². The molecule has 0 aromatic heterocycles. The van der Waals surface area contributed by atoms with E-state index in [-0.39, 0.29) is 0 Å². The van der Waals surface area contributed by atoms with Crippen molar-refractivity contribution in [2.24, 2.45) is 0 Å². The monoisotopic (exact) mass is 298 g/mol. The molecule has 0 heterocycles. The van der Waals surface area contributed by atoms with Crippen LogP contribution in [0.25, 0.3) is 11.9 Å². The average Bonchev–Trinajstić information content (AvgIpc) is 2.50. The van der Waals surface area contributed by atoms with Crippen LogP contribution in [-0.4, -0.2) is 0 Å². The van der Waals surface area contributed by atoms with Crippen LogP contribution >= 0.6 is 0 Å². The van der Waals surface area contributed by atoms with Crippen LogP contribution in [0.5, 0.6) is 0 Å². The maximum Gasteiger partial charge on any atom is 0.306 e. The summed E-state index contributed by atoms with van der Waals surface area (Å²) in [4.78, 5) is 0. The molecule has 0 fully saturated rings. The minimum absolute atomic E-state index is 0.711. The second kappa shape index (κ2) is 7.99. The summed E-state index contributed by atoms with van der Waals surface area (Å²) in [6.45, 7) is 3.63. The van der Waals surface area contributed by atoms with Crippen LogP contribution in [0, 0.1) is 11.6 Å². The molecule has 5 heteroatoms. The van der Waals surface area contributed by atoms with Gasteiger partial charge in [-0.2, -0.15) is 8.78 Å². The first-order valence-electron chi connectivity index (χ1n) is 5.80. The third kappa shape index (κ3) is 4.87. The SMILES string of the molecule is C=Cc1ccccc1.FC(F)=C(F)c1cccc(F)c1F. The molecule has 21 heavy (non-hydrogen) atoms. The maximum absolute atomic E-state index is 12.6. The van der Waals surface area contributed by atoms with E-state index in [0.717, 1.165) is 12.1 Å². The molecule has 0 amide bonds. The van der Waals surface area contributed by atoms with Crippen LogP contribution in [0.3, 0.4) is 0 Å².